The quantitative estimate of drug-likeness (QED) is 0.659. The summed E-state index contributed by atoms with van der Waals surface area (Å²) in [6.07, 6.45) is 0.755. The molecule has 3 rings (SSSR count). The standard InChI is InChI=1S/C22H22N2O4/c1-14-9-10-15(2)20(12-14)28-16(3)21(25)23-17-6-4-7-18(13-17)24-22(26)19-8-5-11-27-19/h4-13,16H,1-3H3,(H,23,25)(H,24,26). The number of nitrogens with one attached hydrogen (secondary N) is 2. The number of hydrogen-bond acceptors (Lipinski definition) is 4. The van der Waals surface area contributed by atoms with E-state index in [0.29, 0.717) is 17.1 Å². The first-order chi connectivity index (χ1) is 13.4. The van der Waals surface area contributed by atoms with E-state index in [1.807, 2.05) is 32.0 Å². The molecule has 3 aromatic rings. The second kappa shape index (κ2) is 8.43. The number of aryl methyl sites for hydroxylation is 2. The average Bonchev–Trinajstić information content (AvgIpc) is 3.20. The number of amides is 2. The van der Waals surface area contributed by atoms with Crippen LogP contribution in [0.3, 0.4) is 0 Å². The summed E-state index contributed by atoms with van der Waals surface area (Å²) in [5.74, 6) is 0.252. The van der Waals surface area contributed by atoms with Crippen molar-refractivity contribution in [3.05, 3.63) is 77.7 Å². The van der Waals surface area contributed by atoms with Gasteiger partial charge in [-0.25, -0.2) is 0 Å². The van der Waals surface area contributed by atoms with Gasteiger partial charge < -0.3 is 19.8 Å². The fraction of sp³-hybridized carbons (Fsp3) is 0.182. The van der Waals surface area contributed by atoms with Crippen LogP contribution >= 0.6 is 0 Å². The molecule has 0 bridgehead atoms. The summed E-state index contributed by atoms with van der Waals surface area (Å²) in [4.78, 5) is 24.6. The van der Waals surface area contributed by atoms with Gasteiger partial charge in [-0.15, -0.1) is 0 Å². The zero-order valence-corrected chi connectivity index (χ0v) is 16.0. The Labute approximate surface area is 163 Å². The predicted molar refractivity (Wildman–Crippen MR) is 108 cm³/mol. The topological polar surface area (TPSA) is 80.6 Å². The molecule has 144 valence electrons. The second-order valence-electron chi connectivity index (χ2n) is 6.53. The highest BCUT2D eigenvalue weighted by Crippen LogP contribution is 2.21. The van der Waals surface area contributed by atoms with Crippen LogP contribution in [-0.4, -0.2) is 17.9 Å². The normalized spacial score (nSPS) is 11.5. The Balaban J connectivity index is 1.63. The summed E-state index contributed by atoms with van der Waals surface area (Å²) >= 11 is 0. The van der Waals surface area contributed by atoms with Gasteiger partial charge >= 0.3 is 0 Å². The highest BCUT2D eigenvalue weighted by Gasteiger charge is 2.16. The summed E-state index contributed by atoms with van der Waals surface area (Å²) < 4.78 is 10.9. The monoisotopic (exact) mass is 378 g/mol. The fourth-order valence-corrected chi connectivity index (χ4v) is 2.60. The van der Waals surface area contributed by atoms with Crippen molar-refractivity contribution >= 4 is 23.2 Å². The lowest BCUT2D eigenvalue weighted by Crippen LogP contribution is -2.30. The van der Waals surface area contributed by atoms with Crippen LogP contribution in [0.4, 0.5) is 11.4 Å². The Bertz CT molecular complexity index is 980. The molecule has 6 nitrogen and oxygen atoms in total. The summed E-state index contributed by atoms with van der Waals surface area (Å²) in [6.45, 7) is 5.60. The van der Waals surface area contributed by atoms with Crippen LogP contribution in [0.5, 0.6) is 5.75 Å². The third-order valence-electron chi connectivity index (χ3n) is 4.15. The molecule has 0 radical (unpaired) electrons. The van der Waals surface area contributed by atoms with Crippen LogP contribution in [-0.2, 0) is 4.79 Å². The average molecular weight is 378 g/mol. The predicted octanol–water partition coefficient (Wildman–Crippen LogP) is 4.55. The number of furan rings is 1. The molecule has 0 aliphatic rings. The first kappa shape index (κ1) is 19.2. The van der Waals surface area contributed by atoms with Gasteiger partial charge in [-0.05, 0) is 68.3 Å². The summed E-state index contributed by atoms with van der Waals surface area (Å²) in [5.41, 5.74) is 3.13. The van der Waals surface area contributed by atoms with Crippen molar-refractivity contribution in [3.8, 4) is 5.75 Å². The summed E-state index contributed by atoms with van der Waals surface area (Å²) in [5, 5.41) is 5.53. The van der Waals surface area contributed by atoms with Crippen molar-refractivity contribution in [1.82, 2.24) is 0 Å². The maximum Gasteiger partial charge on any atom is 0.291 e. The number of benzene rings is 2. The smallest absolute Gasteiger partial charge is 0.291 e. The van der Waals surface area contributed by atoms with Crippen LogP contribution < -0.4 is 15.4 Å². The van der Waals surface area contributed by atoms with Crippen molar-refractivity contribution < 1.29 is 18.7 Å². The van der Waals surface area contributed by atoms with Crippen LogP contribution in [0.2, 0.25) is 0 Å². The molecule has 0 saturated carbocycles. The Morgan fingerprint density at radius 1 is 0.964 bits per heavy atom. The molecule has 2 amide bonds. The highest BCUT2D eigenvalue weighted by atomic mass is 16.5. The number of rotatable bonds is 6. The van der Waals surface area contributed by atoms with Crippen molar-refractivity contribution in [1.29, 1.82) is 0 Å². The van der Waals surface area contributed by atoms with E-state index < -0.39 is 6.10 Å². The molecule has 1 atom stereocenters. The van der Waals surface area contributed by atoms with E-state index in [0.717, 1.165) is 11.1 Å². The molecule has 1 aromatic heterocycles. The molecule has 0 aliphatic heterocycles. The maximum atomic E-state index is 12.5. The van der Waals surface area contributed by atoms with Crippen molar-refractivity contribution in [2.75, 3.05) is 10.6 Å². The van der Waals surface area contributed by atoms with E-state index in [-0.39, 0.29) is 17.6 Å². The number of hydrogen-bond donors (Lipinski definition) is 2. The van der Waals surface area contributed by atoms with Crippen LogP contribution in [0.1, 0.15) is 28.6 Å². The third-order valence-corrected chi connectivity index (χ3v) is 4.15. The van der Waals surface area contributed by atoms with Gasteiger partial charge in [0.15, 0.2) is 11.9 Å². The Hall–Kier alpha value is -3.54. The van der Waals surface area contributed by atoms with Crippen molar-refractivity contribution in [2.45, 2.75) is 26.9 Å². The van der Waals surface area contributed by atoms with Gasteiger partial charge in [-0.2, -0.15) is 0 Å². The van der Waals surface area contributed by atoms with E-state index >= 15 is 0 Å². The molecule has 1 heterocycles. The second-order valence-corrected chi connectivity index (χ2v) is 6.53. The van der Waals surface area contributed by atoms with Gasteiger partial charge in [0.2, 0.25) is 0 Å². The van der Waals surface area contributed by atoms with E-state index in [9.17, 15) is 9.59 Å². The molecular formula is C22H22N2O4. The molecular weight excluding hydrogens is 356 g/mol. The minimum Gasteiger partial charge on any atom is -0.481 e. The van der Waals surface area contributed by atoms with Gasteiger partial charge in [-0.1, -0.05) is 18.2 Å². The SMILES string of the molecule is Cc1ccc(C)c(OC(C)C(=O)Nc2cccc(NC(=O)c3ccco3)c2)c1. The van der Waals surface area contributed by atoms with Gasteiger partial charge in [0.25, 0.3) is 11.8 Å². The Kier molecular flexibility index (Phi) is 5.79. The zero-order valence-electron chi connectivity index (χ0n) is 16.0. The van der Waals surface area contributed by atoms with Crippen molar-refractivity contribution in [2.24, 2.45) is 0 Å². The molecule has 0 spiro atoms. The zero-order chi connectivity index (χ0) is 20.1. The number of ether oxygens (including phenoxy) is 1. The van der Waals surface area contributed by atoms with E-state index in [1.54, 1.807) is 43.3 Å². The van der Waals surface area contributed by atoms with Gasteiger partial charge in [0.1, 0.15) is 5.75 Å². The first-order valence-electron chi connectivity index (χ1n) is 8.92. The molecule has 2 N–H and O–H groups in total. The molecule has 6 heteroatoms. The largest absolute Gasteiger partial charge is 0.481 e. The molecule has 28 heavy (non-hydrogen) atoms. The van der Waals surface area contributed by atoms with Crippen LogP contribution in [0, 0.1) is 13.8 Å². The van der Waals surface area contributed by atoms with Gasteiger partial charge in [0.05, 0.1) is 6.26 Å². The minimum absolute atomic E-state index is 0.213. The third kappa shape index (κ3) is 4.79. The molecule has 2 aromatic carbocycles. The minimum atomic E-state index is -0.679. The number of anilines is 2. The first-order valence-corrected chi connectivity index (χ1v) is 8.92. The number of carbonyl (C=O) groups is 2. The van der Waals surface area contributed by atoms with Crippen LogP contribution in [0.25, 0.3) is 0 Å². The Morgan fingerprint density at radius 3 is 2.43 bits per heavy atom. The Morgan fingerprint density at radius 2 is 1.71 bits per heavy atom. The van der Waals surface area contributed by atoms with Crippen molar-refractivity contribution in [3.63, 3.8) is 0 Å². The van der Waals surface area contributed by atoms with E-state index in [1.165, 1.54) is 6.26 Å². The fourth-order valence-electron chi connectivity index (χ4n) is 2.60. The molecule has 0 aliphatic carbocycles. The van der Waals surface area contributed by atoms with Gasteiger partial charge in [0, 0.05) is 11.4 Å². The molecule has 0 saturated heterocycles. The molecule has 1 unspecified atom stereocenters. The lowest BCUT2D eigenvalue weighted by molar-refractivity contribution is -0.122. The van der Waals surface area contributed by atoms with Gasteiger partial charge in [-0.3, -0.25) is 9.59 Å². The molecule has 0 fully saturated rings. The maximum absolute atomic E-state index is 12.5. The summed E-state index contributed by atoms with van der Waals surface area (Å²) in [7, 11) is 0. The highest BCUT2D eigenvalue weighted by molar-refractivity contribution is 6.02. The lowest BCUT2D eigenvalue weighted by atomic mass is 10.1. The number of carbonyl (C=O) groups excluding carboxylic acids is 2. The van der Waals surface area contributed by atoms with E-state index in [4.69, 9.17) is 9.15 Å². The summed E-state index contributed by atoms with van der Waals surface area (Å²) in [6, 6.07) is 16.0. The van der Waals surface area contributed by atoms with E-state index in [2.05, 4.69) is 10.6 Å². The van der Waals surface area contributed by atoms with Crippen LogP contribution in [0.15, 0.2) is 65.3 Å². The lowest BCUT2D eigenvalue weighted by Gasteiger charge is -2.17.